The molecule has 0 bridgehead atoms. The lowest BCUT2D eigenvalue weighted by atomic mass is 9.87. The first-order valence-electron chi connectivity index (χ1n) is 9.66. The fraction of sp³-hybridized carbons (Fsp3) is 0.409. The monoisotopic (exact) mass is 413 g/mol. The van der Waals surface area contributed by atoms with Crippen LogP contribution in [-0.4, -0.2) is 34.1 Å². The van der Waals surface area contributed by atoms with Gasteiger partial charge in [0, 0.05) is 7.05 Å². The number of aromatic nitrogens is 2. The van der Waals surface area contributed by atoms with Crippen molar-refractivity contribution < 1.29 is 14.1 Å². The van der Waals surface area contributed by atoms with Crippen LogP contribution >= 0.6 is 11.3 Å². The molecule has 0 aliphatic heterocycles. The molecule has 0 aliphatic rings. The molecule has 1 atom stereocenters. The maximum atomic E-state index is 12.9. The highest BCUT2D eigenvalue weighted by Gasteiger charge is 2.24. The van der Waals surface area contributed by atoms with Crippen molar-refractivity contribution in [3.05, 3.63) is 53.2 Å². The van der Waals surface area contributed by atoms with Gasteiger partial charge in [-0.1, -0.05) is 51.1 Å². The standard InChI is InChI=1S/C22H27N3O3S/c1-6-17(27-16-11-9-15(10-12-16)22(2,3)4)21(26)25(5)14-19-23-20(24-28-19)18-8-7-13-29-18/h7-13,17H,6,14H2,1-5H3/t17-/m0/s1. The third-order valence-corrected chi connectivity index (χ3v) is 5.47. The number of thiophene rings is 1. The first-order chi connectivity index (χ1) is 13.8. The second-order valence-corrected chi connectivity index (χ2v) is 8.92. The van der Waals surface area contributed by atoms with Crippen molar-refractivity contribution in [1.29, 1.82) is 0 Å². The smallest absolute Gasteiger partial charge is 0.263 e. The molecule has 0 fully saturated rings. The molecule has 0 spiro atoms. The molecular weight excluding hydrogens is 386 g/mol. The maximum Gasteiger partial charge on any atom is 0.263 e. The summed E-state index contributed by atoms with van der Waals surface area (Å²) >= 11 is 1.54. The SMILES string of the molecule is CC[C@H](Oc1ccc(C(C)(C)C)cc1)C(=O)N(C)Cc1nc(-c2cccs2)no1. The Bertz CT molecular complexity index is 927. The van der Waals surface area contributed by atoms with Crippen LogP contribution in [0, 0.1) is 0 Å². The van der Waals surface area contributed by atoms with E-state index < -0.39 is 6.10 Å². The van der Waals surface area contributed by atoms with Gasteiger partial charge < -0.3 is 14.2 Å². The average Bonchev–Trinajstić information content (AvgIpc) is 3.37. The lowest BCUT2D eigenvalue weighted by Gasteiger charge is -2.23. The number of hydrogen-bond donors (Lipinski definition) is 0. The van der Waals surface area contributed by atoms with Gasteiger partial charge in [0.15, 0.2) is 6.10 Å². The van der Waals surface area contributed by atoms with Crippen molar-refractivity contribution in [1.82, 2.24) is 15.0 Å². The third-order valence-electron chi connectivity index (χ3n) is 4.60. The van der Waals surface area contributed by atoms with Gasteiger partial charge in [0.25, 0.3) is 5.91 Å². The van der Waals surface area contributed by atoms with E-state index in [0.29, 0.717) is 23.9 Å². The van der Waals surface area contributed by atoms with Crippen LogP contribution in [0.5, 0.6) is 5.75 Å². The molecule has 6 nitrogen and oxygen atoms in total. The first-order valence-corrected chi connectivity index (χ1v) is 10.5. The summed E-state index contributed by atoms with van der Waals surface area (Å²) in [6.45, 7) is 8.66. The quantitative estimate of drug-likeness (QED) is 0.550. The second kappa shape index (κ2) is 8.78. The van der Waals surface area contributed by atoms with Gasteiger partial charge in [0.2, 0.25) is 11.7 Å². The molecule has 2 aromatic heterocycles. The van der Waals surface area contributed by atoms with Crippen molar-refractivity contribution in [3.63, 3.8) is 0 Å². The normalized spacial score (nSPS) is 12.6. The summed E-state index contributed by atoms with van der Waals surface area (Å²) in [6, 6.07) is 11.8. The van der Waals surface area contributed by atoms with Crippen molar-refractivity contribution in [2.45, 2.75) is 52.2 Å². The minimum atomic E-state index is -0.569. The Morgan fingerprint density at radius 2 is 1.97 bits per heavy atom. The molecular formula is C22H27N3O3S. The Labute approximate surface area is 175 Å². The van der Waals surface area contributed by atoms with Crippen LogP contribution in [0.3, 0.4) is 0 Å². The number of ether oxygens (including phenoxy) is 1. The van der Waals surface area contributed by atoms with Crippen molar-refractivity contribution >= 4 is 17.2 Å². The fourth-order valence-electron chi connectivity index (χ4n) is 2.86. The summed E-state index contributed by atoms with van der Waals surface area (Å²) in [5.41, 5.74) is 1.30. The largest absolute Gasteiger partial charge is 0.481 e. The molecule has 29 heavy (non-hydrogen) atoms. The molecule has 7 heteroatoms. The van der Waals surface area contributed by atoms with Gasteiger partial charge in [-0.25, -0.2) is 0 Å². The number of rotatable bonds is 7. The van der Waals surface area contributed by atoms with Crippen LogP contribution in [0.1, 0.15) is 45.6 Å². The van der Waals surface area contributed by atoms with E-state index in [1.54, 1.807) is 23.3 Å². The summed E-state index contributed by atoms with van der Waals surface area (Å²) in [4.78, 5) is 19.7. The minimum Gasteiger partial charge on any atom is -0.481 e. The van der Waals surface area contributed by atoms with E-state index in [2.05, 4.69) is 30.9 Å². The van der Waals surface area contributed by atoms with E-state index in [0.717, 1.165) is 4.88 Å². The van der Waals surface area contributed by atoms with Crippen LogP contribution in [0.25, 0.3) is 10.7 Å². The minimum absolute atomic E-state index is 0.0742. The molecule has 3 aromatic rings. The van der Waals surface area contributed by atoms with Gasteiger partial charge in [0.1, 0.15) is 5.75 Å². The molecule has 0 saturated heterocycles. The molecule has 1 aromatic carbocycles. The summed E-state index contributed by atoms with van der Waals surface area (Å²) in [6.07, 6.45) is -0.00532. The zero-order valence-corrected chi connectivity index (χ0v) is 18.3. The predicted molar refractivity (Wildman–Crippen MR) is 114 cm³/mol. The Morgan fingerprint density at radius 1 is 1.24 bits per heavy atom. The number of amides is 1. The number of carbonyl (C=O) groups excluding carboxylic acids is 1. The molecule has 0 radical (unpaired) electrons. The molecule has 0 unspecified atom stereocenters. The van der Waals surface area contributed by atoms with E-state index in [1.807, 2.05) is 48.7 Å². The van der Waals surface area contributed by atoms with E-state index in [-0.39, 0.29) is 17.9 Å². The van der Waals surface area contributed by atoms with E-state index >= 15 is 0 Å². The fourth-order valence-corrected chi connectivity index (χ4v) is 3.51. The number of nitrogens with zero attached hydrogens (tertiary/aromatic N) is 3. The predicted octanol–water partition coefficient (Wildman–Crippen LogP) is 4.91. The highest BCUT2D eigenvalue weighted by molar-refractivity contribution is 7.13. The molecule has 1 amide bonds. The molecule has 0 saturated carbocycles. The topological polar surface area (TPSA) is 68.5 Å². The van der Waals surface area contributed by atoms with Gasteiger partial charge in [-0.3, -0.25) is 4.79 Å². The summed E-state index contributed by atoms with van der Waals surface area (Å²) in [5, 5.41) is 5.94. The molecule has 2 heterocycles. The van der Waals surface area contributed by atoms with Crippen molar-refractivity contribution in [3.8, 4) is 16.5 Å². The molecule has 0 aliphatic carbocycles. The highest BCUT2D eigenvalue weighted by Crippen LogP contribution is 2.25. The van der Waals surface area contributed by atoms with Crippen LogP contribution < -0.4 is 4.74 Å². The molecule has 154 valence electrons. The zero-order valence-electron chi connectivity index (χ0n) is 17.5. The van der Waals surface area contributed by atoms with Crippen LogP contribution in [0.4, 0.5) is 0 Å². The summed E-state index contributed by atoms with van der Waals surface area (Å²) in [7, 11) is 1.71. The van der Waals surface area contributed by atoms with Gasteiger partial charge in [-0.15, -0.1) is 11.3 Å². The van der Waals surface area contributed by atoms with Crippen molar-refractivity contribution in [2.75, 3.05) is 7.05 Å². The average molecular weight is 414 g/mol. The third kappa shape index (κ3) is 5.23. The summed E-state index contributed by atoms with van der Waals surface area (Å²) in [5.74, 6) is 1.50. The number of hydrogen-bond acceptors (Lipinski definition) is 6. The first kappa shape index (κ1) is 21.0. The van der Waals surface area contributed by atoms with Gasteiger partial charge >= 0.3 is 0 Å². The van der Waals surface area contributed by atoms with Gasteiger partial charge in [-0.05, 0) is 41.0 Å². The number of likely N-dealkylation sites (N-methyl/N-ethyl adjacent to an activating group) is 1. The lowest BCUT2D eigenvalue weighted by Crippen LogP contribution is -2.39. The van der Waals surface area contributed by atoms with Crippen molar-refractivity contribution in [2.24, 2.45) is 0 Å². The van der Waals surface area contributed by atoms with Gasteiger partial charge in [0.05, 0.1) is 11.4 Å². The number of benzene rings is 1. The highest BCUT2D eigenvalue weighted by atomic mass is 32.1. The van der Waals surface area contributed by atoms with Crippen LogP contribution in [0.2, 0.25) is 0 Å². The maximum absolute atomic E-state index is 12.9. The second-order valence-electron chi connectivity index (χ2n) is 7.97. The Hall–Kier alpha value is -2.67. The van der Waals surface area contributed by atoms with Crippen LogP contribution in [0.15, 0.2) is 46.3 Å². The molecule has 0 N–H and O–H groups in total. The Morgan fingerprint density at radius 3 is 2.55 bits per heavy atom. The number of carbonyl (C=O) groups is 1. The Balaban J connectivity index is 1.62. The van der Waals surface area contributed by atoms with E-state index in [4.69, 9.17) is 9.26 Å². The zero-order chi connectivity index (χ0) is 21.0. The van der Waals surface area contributed by atoms with E-state index in [9.17, 15) is 4.79 Å². The summed E-state index contributed by atoms with van der Waals surface area (Å²) < 4.78 is 11.3. The van der Waals surface area contributed by atoms with Gasteiger partial charge in [-0.2, -0.15) is 4.98 Å². The van der Waals surface area contributed by atoms with Crippen LogP contribution in [-0.2, 0) is 16.8 Å². The molecule has 3 rings (SSSR count). The van der Waals surface area contributed by atoms with E-state index in [1.165, 1.54) is 5.56 Å². The Kier molecular flexibility index (Phi) is 6.37. The lowest BCUT2D eigenvalue weighted by molar-refractivity contribution is -0.138.